The van der Waals surface area contributed by atoms with Gasteiger partial charge in [0.15, 0.2) is 6.10 Å². The standard InChI is InChI=1S/C18H25ClO9/c1-9(19)13(5-6-17(23)24)14-7-15(26-11(3)21)18(27-12(4)22)16(28-14)8-25-10(2)20/h5,9,14-16,18H,6-8H2,1-4H3,(H,23,24)/b13-5+/t9-,14?,15?,16+,18+/m1/s1. The van der Waals surface area contributed by atoms with Crippen molar-refractivity contribution in [1.29, 1.82) is 0 Å². The number of hydrogen-bond donors (Lipinski definition) is 1. The Bertz CT molecular complexity index is 629. The Morgan fingerprint density at radius 1 is 1.14 bits per heavy atom. The Kier molecular flexibility index (Phi) is 9.40. The second-order valence-electron chi connectivity index (χ2n) is 6.34. The third-order valence-electron chi connectivity index (χ3n) is 3.93. The summed E-state index contributed by atoms with van der Waals surface area (Å²) in [7, 11) is 0. The number of rotatable bonds is 8. The zero-order valence-electron chi connectivity index (χ0n) is 16.2. The van der Waals surface area contributed by atoms with E-state index in [2.05, 4.69) is 0 Å². The van der Waals surface area contributed by atoms with Crippen molar-refractivity contribution in [1.82, 2.24) is 0 Å². The normalized spacial score (nSPS) is 26.1. The van der Waals surface area contributed by atoms with Gasteiger partial charge in [0.05, 0.1) is 17.9 Å². The molecule has 158 valence electrons. The molecule has 0 bridgehead atoms. The number of halogens is 1. The lowest BCUT2D eigenvalue weighted by Crippen LogP contribution is -2.54. The van der Waals surface area contributed by atoms with Gasteiger partial charge in [0.1, 0.15) is 18.8 Å². The first-order valence-electron chi connectivity index (χ1n) is 8.70. The molecule has 1 rings (SSSR count). The molecule has 10 heteroatoms. The van der Waals surface area contributed by atoms with Crippen LogP contribution in [0.4, 0.5) is 0 Å². The van der Waals surface area contributed by atoms with Gasteiger partial charge >= 0.3 is 23.9 Å². The van der Waals surface area contributed by atoms with Crippen LogP contribution in [0, 0.1) is 0 Å². The third-order valence-corrected chi connectivity index (χ3v) is 4.18. The first kappa shape index (κ1) is 23.9. The Balaban J connectivity index is 3.20. The van der Waals surface area contributed by atoms with Crippen LogP contribution in [0.15, 0.2) is 11.6 Å². The van der Waals surface area contributed by atoms with Crippen molar-refractivity contribution in [2.24, 2.45) is 0 Å². The fourth-order valence-electron chi connectivity index (χ4n) is 2.90. The molecule has 1 fully saturated rings. The Morgan fingerprint density at radius 3 is 2.21 bits per heavy atom. The largest absolute Gasteiger partial charge is 0.481 e. The van der Waals surface area contributed by atoms with E-state index in [1.165, 1.54) is 26.8 Å². The summed E-state index contributed by atoms with van der Waals surface area (Å²) >= 11 is 6.19. The zero-order chi connectivity index (χ0) is 21.4. The number of carboxylic acids is 1. The topological polar surface area (TPSA) is 125 Å². The molecular formula is C18H25ClO9. The van der Waals surface area contributed by atoms with Crippen molar-refractivity contribution in [2.75, 3.05) is 6.61 Å². The van der Waals surface area contributed by atoms with Gasteiger partial charge in [0.2, 0.25) is 0 Å². The maximum absolute atomic E-state index is 11.5. The summed E-state index contributed by atoms with van der Waals surface area (Å²) in [4.78, 5) is 45.2. The lowest BCUT2D eigenvalue weighted by atomic mass is 9.91. The maximum atomic E-state index is 11.5. The molecule has 1 aliphatic rings. The van der Waals surface area contributed by atoms with Crippen LogP contribution >= 0.6 is 11.6 Å². The summed E-state index contributed by atoms with van der Waals surface area (Å²) in [5.74, 6) is -2.83. The highest BCUT2D eigenvalue weighted by Crippen LogP contribution is 2.32. The Hall–Kier alpha value is -2.13. The smallest absolute Gasteiger partial charge is 0.307 e. The molecule has 0 aromatic heterocycles. The molecule has 1 N–H and O–H groups in total. The van der Waals surface area contributed by atoms with Gasteiger partial charge < -0.3 is 24.1 Å². The maximum Gasteiger partial charge on any atom is 0.307 e. The van der Waals surface area contributed by atoms with Gasteiger partial charge in [-0.25, -0.2) is 0 Å². The molecule has 2 unspecified atom stereocenters. The van der Waals surface area contributed by atoms with Crippen molar-refractivity contribution in [3.8, 4) is 0 Å². The van der Waals surface area contributed by atoms with Crippen molar-refractivity contribution in [3.05, 3.63) is 11.6 Å². The molecule has 0 saturated carbocycles. The van der Waals surface area contributed by atoms with Crippen LogP contribution in [0.1, 0.15) is 40.5 Å². The van der Waals surface area contributed by atoms with Gasteiger partial charge in [-0.05, 0) is 12.5 Å². The molecule has 1 saturated heterocycles. The molecule has 0 amide bonds. The average molecular weight is 421 g/mol. The summed E-state index contributed by atoms with van der Waals surface area (Å²) in [6, 6.07) is 0. The summed E-state index contributed by atoms with van der Waals surface area (Å²) in [5.41, 5.74) is 0.482. The molecule has 0 aromatic carbocycles. The third kappa shape index (κ3) is 7.85. The van der Waals surface area contributed by atoms with Crippen molar-refractivity contribution < 1.29 is 43.2 Å². The monoisotopic (exact) mass is 420 g/mol. The zero-order valence-corrected chi connectivity index (χ0v) is 16.9. The number of ether oxygens (including phenoxy) is 4. The predicted octanol–water partition coefficient (Wildman–Crippen LogP) is 1.60. The van der Waals surface area contributed by atoms with E-state index < -0.39 is 53.7 Å². The Labute approximate surface area is 167 Å². The molecule has 0 radical (unpaired) electrons. The summed E-state index contributed by atoms with van der Waals surface area (Å²) in [6.45, 7) is 5.02. The van der Waals surface area contributed by atoms with Crippen molar-refractivity contribution >= 4 is 35.5 Å². The fraction of sp³-hybridized carbons (Fsp3) is 0.667. The van der Waals surface area contributed by atoms with Gasteiger partial charge in [-0.1, -0.05) is 6.08 Å². The lowest BCUT2D eigenvalue weighted by Gasteiger charge is -2.41. The van der Waals surface area contributed by atoms with E-state index in [4.69, 9.17) is 35.7 Å². The second-order valence-corrected chi connectivity index (χ2v) is 7.00. The quantitative estimate of drug-likeness (QED) is 0.269. The van der Waals surface area contributed by atoms with E-state index in [9.17, 15) is 19.2 Å². The number of alkyl halides is 1. The van der Waals surface area contributed by atoms with Crippen molar-refractivity contribution in [3.63, 3.8) is 0 Å². The highest BCUT2D eigenvalue weighted by atomic mass is 35.5. The number of esters is 3. The number of aliphatic carboxylic acids is 1. The molecule has 1 aliphatic heterocycles. The van der Waals surface area contributed by atoms with Gasteiger partial charge in [0, 0.05) is 27.2 Å². The summed E-state index contributed by atoms with van der Waals surface area (Å²) in [6.07, 6.45) is -2.27. The van der Waals surface area contributed by atoms with Gasteiger partial charge in [-0.2, -0.15) is 0 Å². The average Bonchev–Trinajstić information content (AvgIpc) is 2.53. The minimum atomic E-state index is -1.04. The van der Waals surface area contributed by atoms with Crippen LogP contribution in [0.5, 0.6) is 0 Å². The minimum Gasteiger partial charge on any atom is -0.481 e. The molecule has 1 heterocycles. The lowest BCUT2D eigenvalue weighted by molar-refractivity contribution is -0.210. The fourth-order valence-corrected chi connectivity index (χ4v) is 3.13. The number of carbonyl (C=O) groups excluding carboxylic acids is 3. The van der Waals surface area contributed by atoms with Gasteiger partial charge in [-0.3, -0.25) is 19.2 Å². The highest BCUT2D eigenvalue weighted by Gasteiger charge is 2.45. The SMILES string of the molecule is CC(=O)OC[C@@H]1OC(/C(=C/CC(=O)O)[C@@H](C)Cl)CC(OC(C)=O)[C@@H]1OC(C)=O. The summed E-state index contributed by atoms with van der Waals surface area (Å²) in [5, 5.41) is 8.37. The number of carbonyl (C=O) groups is 4. The van der Waals surface area contributed by atoms with Crippen LogP contribution in [0.2, 0.25) is 0 Å². The first-order chi connectivity index (χ1) is 13.0. The molecule has 0 spiro atoms. The molecule has 28 heavy (non-hydrogen) atoms. The van der Waals surface area contributed by atoms with Crippen LogP contribution in [0.3, 0.4) is 0 Å². The summed E-state index contributed by atoms with van der Waals surface area (Å²) < 4.78 is 21.5. The van der Waals surface area contributed by atoms with Crippen LogP contribution in [-0.4, -0.2) is 65.4 Å². The second kappa shape index (κ2) is 11.0. The minimum absolute atomic E-state index is 0.0939. The van der Waals surface area contributed by atoms with E-state index in [-0.39, 0.29) is 19.4 Å². The van der Waals surface area contributed by atoms with Crippen LogP contribution in [0.25, 0.3) is 0 Å². The van der Waals surface area contributed by atoms with E-state index in [0.29, 0.717) is 5.57 Å². The van der Waals surface area contributed by atoms with E-state index in [1.807, 2.05) is 0 Å². The molecule has 5 atom stereocenters. The van der Waals surface area contributed by atoms with Gasteiger partial charge in [0.25, 0.3) is 0 Å². The first-order valence-corrected chi connectivity index (χ1v) is 9.14. The molecular weight excluding hydrogens is 396 g/mol. The van der Waals surface area contributed by atoms with Crippen LogP contribution in [-0.2, 0) is 38.1 Å². The Morgan fingerprint density at radius 2 is 1.75 bits per heavy atom. The number of carboxylic acid groups (broad SMARTS) is 1. The van der Waals surface area contributed by atoms with E-state index in [0.717, 1.165) is 0 Å². The van der Waals surface area contributed by atoms with Gasteiger partial charge in [-0.15, -0.1) is 11.6 Å². The van der Waals surface area contributed by atoms with E-state index >= 15 is 0 Å². The number of hydrogen-bond acceptors (Lipinski definition) is 8. The van der Waals surface area contributed by atoms with Crippen LogP contribution < -0.4 is 0 Å². The molecule has 0 aliphatic carbocycles. The van der Waals surface area contributed by atoms with E-state index in [1.54, 1.807) is 6.92 Å². The molecule has 0 aromatic rings. The highest BCUT2D eigenvalue weighted by molar-refractivity contribution is 6.22. The van der Waals surface area contributed by atoms with Crippen molar-refractivity contribution in [2.45, 2.75) is 70.3 Å². The molecule has 9 nitrogen and oxygen atoms in total. The predicted molar refractivity (Wildman–Crippen MR) is 96.7 cm³/mol.